The molecule has 3 aromatic rings. The van der Waals surface area contributed by atoms with Crippen LogP contribution in [0.5, 0.6) is 0 Å². The van der Waals surface area contributed by atoms with Crippen LogP contribution in [0.15, 0.2) is 42.6 Å². The molecule has 0 unspecified atom stereocenters. The van der Waals surface area contributed by atoms with E-state index in [1.165, 1.54) is 4.90 Å². The summed E-state index contributed by atoms with van der Waals surface area (Å²) in [4.78, 5) is 30.2. The normalized spacial score (nSPS) is 11.1. The molecular formula is C20H22N4O3. The number of rotatable bonds is 6. The molecular weight excluding hydrogens is 344 g/mol. The molecule has 0 saturated heterocycles. The summed E-state index contributed by atoms with van der Waals surface area (Å²) in [7, 11) is 0. The van der Waals surface area contributed by atoms with Crippen molar-refractivity contribution < 1.29 is 14.7 Å². The molecule has 0 fully saturated rings. The zero-order valence-corrected chi connectivity index (χ0v) is 15.6. The lowest BCUT2D eigenvalue weighted by Crippen LogP contribution is -2.35. The van der Waals surface area contributed by atoms with Gasteiger partial charge in [0.2, 0.25) is 0 Å². The number of benzene rings is 1. The molecule has 7 nitrogen and oxygen atoms in total. The van der Waals surface area contributed by atoms with Crippen molar-refractivity contribution >= 4 is 22.9 Å². The highest BCUT2D eigenvalue weighted by Crippen LogP contribution is 2.21. The third-order valence-corrected chi connectivity index (χ3v) is 4.31. The number of carboxylic acids is 1. The van der Waals surface area contributed by atoms with E-state index < -0.39 is 5.97 Å². The van der Waals surface area contributed by atoms with Crippen LogP contribution < -0.4 is 0 Å². The van der Waals surface area contributed by atoms with E-state index in [4.69, 9.17) is 0 Å². The summed E-state index contributed by atoms with van der Waals surface area (Å²) in [6.07, 6.45) is 1.68. The van der Waals surface area contributed by atoms with Crippen LogP contribution in [0.2, 0.25) is 0 Å². The van der Waals surface area contributed by atoms with Crippen LogP contribution in [-0.4, -0.2) is 43.2 Å². The number of pyridine rings is 1. The van der Waals surface area contributed by atoms with Crippen LogP contribution in [0.1, 0.15) is 41.5 Å². The van der Waals surface area contributed by atoms with Crippen molar-refractivity contribution in [2.24, 2.45) is 0 Å². The Balaban J connectivity index is 1.97. The van der Waals surface area contributed by atoms with E-state index in [1.54, 1.807) is 23.9 Å². The average molecular weight is 366 g/mol. The predicted molar refractivity (Wildman–Crippen MR) is 101 cm³/mol. The number of aliphatic carboxylic acids is 1. The van der Waals surface area contributed by atoms with Gasteiger partial charge in [-0.05, 0) is 32.4 Å². The molecule has 0 saturated carbocycles. The number of carboxylic acid groups (broad SMARTS) is 1. The van der Waals surface area contributed by atoms with Crippen LogP contribution in [-0.2, 0) is 11.3 Å². The fourth-order valence-corrected chi connectivity index (χ4v) is 3.00. The first-order valence-corrected chi connectivity index (χ1v) is 8.76. The summed E-state index contributed by atoms with van der Waals surface area (Å²) < 4.78 is 1.80. The van der Waals surface area contributed by atoms with E-state index in [1.807, 2.05) is 44.2 Å². The summed E-state index contributed by atoms with van der Waals surface area (Å²) in [6, 6.07) is 11.2. The fraction of sp³-hybridized carbons (Fsp3) is 0.300. The largest absolute Gasteiger partial charge is 0.480 e. The van der Waals surface area contributed by atoms with Gasteiger partial charge < -0.3 is 10.0 Å². The minimum Gasteiger partial charge on any atom is -0.480 e. The summed E-state index contributed by atoms with van der Waals surface area (Å²) in [5, 5.41) is 14.3. The fourth-order valence-electron chi connectivity index (χ4n) is 3.00. The zero-order chi connectivity index (χ0) is 19.6. The summed E-state index contributed by atoms with van der Waals surface area (Å²) >= 11 is 0. The van der Waals surface area contributed by atoms with Crippen molar-refractivity contribution in [2.75, 3.05) is 6.54 Å². The van der Waals surface area contributed by atoms with Gasteiger partial charge in [0.1, 0.15) is 6.54 Å². The van der Waals surface area contributed by atoms with Crippen LogP contribution in [0, 0.1) is 6.92 Å². The number of amides is 1. The quantitative estimate of drug-likeness (QED) is 0.724. The second-order valence-electron chi connectivity index (χ2n) is 6.76. The molecule has 2 aromatic heterocycles. The number of carbonyl (C=O) groups excluding carboxylic acids is 1. The number of hydrogen-bond donors (Lipinski definition) is 1. The van der Waals surface area contributed by atoms with Gasteiger partial charge >= 0.3 is 5.97 Å². The maximum atomic E-state index is 13.1. The van der Waals surface area contributed by atoms with E-state index in [0.717, 1.165) is 10.9 Å². The first-order valence-electron chi connectivity index (χ1n) is 8.76. The van der Waals surface area contributed by atoms with Crippen LogP contribution in [0.3, 0.4) is 0 Å². The molecule has 7 heteroatoms. The smallest absolute Gasteiger partial charge is 0.323 e. The van der Waals surface area contributed by atoms with Gasteiger partial charge in [-0.3, -0.25) is 9.59 Å². The Morgan fingerprint density at radius 1 is 1.22 bits per heavy atom. The molecule has 140 valence electrons. The third kappa shape index (κ3) is 3.97. The lowest BCUT2D eigenvalue weighted by molar-refractivity contribution is -0.137. The molecule has 2 heterocycles. The Hall–Kier alpha value is -3.22. The standard InChI is InChI=1S/C20H22N4O3/c1-13(2)24-19-16(10-21-24)9-17(14(3)22-19)20(27)23(12-18(25)26)11-15-7-5-4-6-8-15/h4-10,13H,11-12H2,1-3H3,(H,25,26). The summed E-state index contributed by atoms with van der Waals surface area (Å²) in [5.74, 6) is -1.41. The number of hydrogen-bond acceptors (Lipinski definition) is 4. The van der Waals surface area contributed by atoms with E-state index in [-0.39, 0.29) is 25.0 Å². The SMILES string of the molecule is Cc1nc2c(cnn2C(C)C)cc1C(=O)N(CC(=O)O)Cc1ccccc1. The maximum absolute atomic E-state index is 13.1. The van der Waals surface area contributed by atoms with Gasteiger partial charge in [0.15, 0.2) is 5.65 Å². The Bertz CT molecular complexity index is 980. The van der Waals surface area contributed by atoms with Crippen LogP contribution in [0.4, 0.5) is 0 Å². The lowest BCUT2D eigenvalue weighted by Gasteiger charge is -2.21. The molecule has 3 rings (SSSR count). The number of aromatic nitrogens is 3. The first-order chi connectivity index (χ1) is 12.9. The third-order valence-electron chi connectivity index (χ3n) is 4.31. The molecule has 1 N–H and O–H groups in total. The number of nitrogens with zero attached hydrogens (tertiary/aromatic N) is 4. The molecule has 1 aromatic carbocycles. The van der Waals surface area contributed by atoms with Crippen molar-refractivity contribution in [3.63, 3.8) is 0 Å². The number of aryl methyl sites for hydroxylation is 1. The molecule has 0 aliphatic rings. The van der Waals surface area contributed by atoms with Gasteiger partial charge in [-0.25, -0.2) is 9.67 Å². The van der Waals surface area contributed by atoms with Crippen LogP contribution >= 0.6 is 0 Å². The molecule has 0 aliphatic carbocycles. The molecule has 27 heavy (non-hydrogen) atoms. The monoisotopic (exact) mass is 366 g/mol. The highest BCUT2D eigenvalue weighted by Gasteiger charge is 2.22. The Morgan fingerprint density at radius 3 is 2.56 bits per heavy atom. The van der Waals surface area contributed by atoms with Gasteiger partial charge in [0.05, 0.1) is 17.5 Å². The highest BCUT2D eigenvalue weighted by molar-refractivity contribution is 5.99. The van der Waals surface area contributed by atoms with Crippen molar-refractivity contribution in [3.8, 4) is 0 Å². The van der Waals surface area contributed by atoms with Crippen molar-refractivity contribution in [2.45, 2.75) is 33.4 Å². The van der Waals surface area contributed by atoms with E-state index in [0.29, 0.717) is 16.9 Å². The van der Waals surface area contributed by atoms with Crippen molar-refractivity contribution in [1.82, 2.24) is 19.7 Å². The van der Waals surface area contributed by atoms with Gasteiger partial charge in [-0.2, -0.15) is 5.10 Å². The average Bonchev–Trinajstić information content (AvgIpc) is 3.03. The molecule has 0 radical (unpaired) electrons. The van der Waals surface area contributed by atoms with E-state index in [2.05, 4.69) is 10.1 Å². The Labute approximate surface area is 157 Å². The highest BCUT2D eigenvalue weighted by atomic mass is 16.4. The van der Waals surface area contributed by atoms with Gasteiger partial charge in [0, 0.05) is 18.0 Å². The molecule has 0 spiro atoms. The zero-order valence-electron chi connectivity index (χ0n) is 15.6. The van der Waals surface area contributed by atoms with Crippen molar-refractivity contribution in [1.29, 1.82) is 0 Å². The first kappa shape index (κ1) is 18.6. The minimum atomic E-state index is -1.06. The number of fused-ring (bicyclic) bond motifs is 1. The topological polar surface area (TPSA) is 88.3 Å². The summed E-state index contributed by atoms with van der Waals surface area (Å²) in [5.41, 5.74) is 2.53. The Kier molecular flexibility index (Phi) is 5.21. The van der Waals surface area contributed by atoms with Crippen LogP contribution in [0.25, 0.3) is 11.0 Å². The molecule has 0 atom stereocenters. The molecule has 0 bridgehead atoms. The maximum Gasteiger partial charge on any atom is 0.323 e. The lowest BCUT2D eigenvalue weighted by atomic mass is 10.1. The van der Waals surface area contributed by atoms with Gasteiger partial charge in [-0.1, -0.05) is 30.3 Å². The van der Waals surface area contributed by atoms with Crippen molar-refractivity contribution in [3.05, 3.63) is 59.4 Å². The second-order valence-corrected chi connectivity index (χ2v) is 6.76. The molecule has 1 amide bonds. The van der Waals surface area contributed by atoms with Gasteiger partial charge in [-0.15, -0.1) is 0 Å². The van der Waals surface area contributed by atoms with E-state index >= 15 is 0 Å². The van der Waals surface area contributed by atoms with E-state index in [9.17, 15) is 14.7 Å². The second kappa shape index (κ2) is 7.57. The minimum absolute atomic E-state index is 0.151. The Morgan fingerprint density at radius 2 is 1.93 bits per heavy atom. The number of carbonyl (C=O) groups is 2. The van der Waals surface area contributed by atoms with Gasteiger partial charge in [0.25, 0.3) is 5.91 Å². The predicted octanol–water partition coefficient (Wildman–Crippen LogP) is 3.05. The summed E-state index contributed by atoms with van der Waals surface area (Å²) in [6.45, 7) is 5.62. The molecule has 0 aliphatic heterocycles.